The fraction of sp³-hybridized carbons (Fsp3) is 0.200. The first-order valence-electron chi connectivity index (χ1n) is 8.86. The number of nitrogens with zero attached hydrogens (tertiary/aromatic N) is 2. The van der Waals surface area contributed by atoms with Crippen LogP contribution in [0.5, 0.6) is 0 Å². The number of amides is 2. The van der Waals surface area contributed by atoms with Gasteiger partial charge in [-0.25, -0.2) is 13.4 Å². The van der Waals surface area contributed by atoms with E-state index in [1.807, 2.05) is 18.2 Å². The summed E-state index contributed by atoms with van der Waals surface area (Å²) in [6.07, 6.45) is 1.21. The van der Waals surface area contributed by atoms with Crippen LogP contribution in [0.4, 0.5) is 0 Å². The fourth-order valence-corrected chi connectivity index (χ4v) is 4.34. The summed E-state index contributed by atoms with van der Waals surface area (Å²) in [7, 11) is -3.24. The third-order valence-electron chi connectivity index (χ3n) is 4.17. The second kappa shape index (κ2) is 9.02. The molecule has 0 spiro atoms. The van der Waals surface area contributed by atoms with E-state index < -0.39 is 15.7 Å². The molecule has 0 aliphatic heterocycles. The molecule has 0 unspecified atom stereocenters. The standard InChI is InChI=1S/C20H18N4O4S2/c1-30(27,28)15-5-2-13(3-6-15)14-4-7-16-17(10-14)29-20(24-16)11-18(25)23-12-19(26)22-9-8-21/h2-7,10H,9,11-12H2,1H3,(H,22,26)(H,23,25). The Morgan fingerprint density at radius 2 is 1.77 bits per heavy atom. The van der Waals surface area contributed by atoms with Gasteiger partial charge in [0, 0.05) is 6.26 Å². The van der Waals surface area contributed by atoms with E-state index >= 15 is 0 Å². The Bertz CT molecular complexity index is 1240. The first kappa shape index (κ1) is 21.4. The van der Waals surface area contributed by atoms with Crippen LogP contribution < -0.4 is 10.6 Å². The molecule has 3 rings (SSSR count). The van der Waals surface area contributed by atoms with E-state index in [0.717, 1.165) is 21.3 Å². The van der Waals surface area contributed by atoms with E-state index in [0.29, 0.717) is 5.01 Å². The first-order valence-corrected chi connectivity index (χ1v) is 11.6. The van der Waals surface area contributed by atoms with Crippen LogP contribution >= 0.6 is 11.3 Å². The number of carbonyl (C=O) groups excluding carboxylic acids is 2. The second-order valence-electron chi connectivity index (χ2n) is 6.48. The highest BCUT2D eigenvalue weighted by molar-refractivity contribution is 7.90. The van der Waals surface area contributed by atoms with Crippen LogP contribution in [0.2, 0.25) is 0 Å². The molecule has 2 aromatic carbocycles. The van der Waals surface area contributed by atoms with E-state index in [1.165, 1.54) is 17.6 Å². The van der Waals surface area contributed by atoms with Gasteiger partial charge >= 0.3 is 0 Å². The largest absolute Gasteiger partial charge is 0.347 e. The van der Waals surface area contributed by atoms with Crippen molar-refractivity contribution >= 4 is 43.2 Å². The number of sulfone groups is 1. The molecule has 1 heterocycles. The van der Waals surface area contributed by atoms with Crippen molar-refractivity contribution in [2.75, 3.05) is 19.3 Å². The number of hydrogen-bond acceptors (Lipinski definition) is 7. The van der Waals surface area contributed by atoms with E-state index in [-0.39, 0.29) is 30.3 Å². The quantitative estimate of drug-likeness (QED) is 0.536. The maximum Gasteiger partial charge on any atom is 0.240 e. The van der Waals surface area contributed by atoms with Gasteiger partial charge in [-0.15, -0.1) is 11.3 Å². The molecular weight excluding hydrogens is 424 g/mol. The van der Waals surface area contributed by atoms with E-state index in [4.69, 9.17) is 5.26 Å². The van der Waals surface area contributed by atoms with Gasteiger partial charge in [-0.05, 0) is 35.4 Å². The monoisotopic (exact) mass is 442 g/mol. The topological polar surface area (TPSA) is 129 Å². The summed E-state index contributed by atoms with van der Waals surface area (Å²) < 4.78 is 24.1. The van der Waals surface area contributed by atoms with Crippen LogP contribution in [0.1, 0.15) is 5.01 Å². The molecule has 2 N–H and O–H groups in total. The average molecular weight is 443 g/mol. The Balaban J connectivity index is 1.69. The lowest BCUT2D eigenvalue weighted by Gasteiger charge is -2.03. The van der Waals surface area contributed by atoms with E-state index in [1.54, 1.807) is 30.3 Å². The molecule has 1 aromatic heterocycles. The smallest absolute Gasteiger partial charge is 0.240 e. The van der Waals surface area contributed by atoms with Crippen LogP contribution in [-0.4, -0.2) is 44.6 Å². The molecule has 0 bridgehead atoms. The number of carbonyl (C=O) groups is 2. The molecule has 0 saturated heterocycles. The highest BCUT2D eigenvalue weighted by atomic mass is 32.2. The SMILES string of the molecule is CS(=O)(=O)c1ccc(-c2ccc3nc(CC(=O)NCC(=O)NCC#N)sc3c2)cc1. The number of thiazole rings is 1. The predicted octanol–water partition coefficient (Wildman–Crippen LogP) is 1.67. The Labute approximate surface area is 177 Å². The summed E-state index contributed by atoms with van der Waals surface area (Å²) in [4.78, 5) is 28.2. The van der Waals surface area contributed by atoms with Crippen LogP contribution in [0.25, 0.3) is 21.3 Å². The molecule has 0 fully saturated rings. The lowest BCUT2D eigenvalue weighted by molar-refractivity contribution is -0.125. The number of benzene rings is 2. The van der Waals surface area contributed by atoms with Crippen molar-refractivity contribution in [3.05, 3.63) is 47.5 Å². The maximum absolute atomic E-state index is 12.0. The summed E-state index contributed by atoms with van der Waals surface area (Å²) in [5, 5.41) is 13.9. The Hall–Kier alpha value is -3.29. The molecule has 30 heavy (non-hydrogen) atoms. The van der Waals surface area contributed by atoms with Crippen molar-refractivity contribution < 1.29 is 18.0 Å². The molecule has 0 aliphatic carbocycles. The molecule has 0 saturated carbocycles. The highest BCUT2D eigenvalue weighted by Crippen LogP contribution is 2.29. The molecule has 0 aliphatic rings. The Morgan fingerprint density at radius 1 is 1.07 bits per heavy atom. The number of rotatable bonds is 7. The van der Waals surface area contributed by atoms with Crippen molar-refractivity contribution in [1.82, 2.24) is 15.6 Å². The van der Waals surface area contributed by atoms with Gasteiger partial charge in [0.2, 0.25) is 11.8 Å². The number of nitriles is 1. The number of hydrogen-bond donors (Lipinski definition) is 2. The maximum atomic E-state index is 12.0. The van der Waals surface area contributed by atoms with Gasteiger partial charge in [0.1, 0.15) is 11.6 Å². The zero-order valence-electron chi connectivity index (χ0n) is 16.0. The van der Waals surface area contributed by atoms with Crippen molar-refractivity contribution in [2.24, 2.45) is 0 Å². The molecule has 0 atom stereocenters. The number of fused-ring (bicyclic) bond motifs is 1. The molecule has 10 heteroatoms. The van der Waals surface area contributed by atoms with E-state index in [2.05, 4.69) is 15.6 Å². The van der Waals surface area contributed by atoms with Gasteiger partial charge in [-0.3, -0.25) is 9.59 Å². The van der Waals surface area contributed by atoms with Gasteiger partial charge in [-0.1, -0.05) is 18.2 Å². The summed E-state index contributed by atoms with van der Waals surface area (Å²) in [6.45, 7) is -0.301. The lowest BCUT2D eigenvalue weighted by atomic mass is 10.1. The minimum absolute atomic E-state index is 0.0449. The molecule has 154 valence electrons. The van der Waals surface area contributed by atoms with Gasteiger partial charge < -0.3 is 10.6 Å². The first-order chi connectivity index (χ1) is 14.3. The average Bonchev–Trinajstić information content (AvgIpc) is 3.11. The molecule has 2 amide bonds. The highest BCUT2D eigenvalue weighted by Gasteiger charge is 2.12. The zero-order valence-corrected chi connectivity index (χ0v) is 17.6. The third-order valence-corrected chi connectivity index (χ3v) is 6.32. The normalized spacial score (nSPS) is 11.1. The summed E-state index contributed by atoms with van der Waals surface area (Å²) in [6, 6.07) is 14.1. The summed E-state index contributed by atoms with van der Waals surface area (Å²) in [5.41, 5.74) is 2.54. The Morgan fingerprint density at radius 3 is 2.43 bits per heavy atom. The zero-order chi connectivity index (χ0) is 21.7. The number of aromatic nitrogens is 1. The van der Waals surface area contributed by atoms with Crippen LogP contribution in [0.3, 0.4) is 0 Å². The minimum Gasteiger partial charge on any atom is -0.347 e. The number of nitrogens with one attached hydrogen (secondary N) is 2. The van der Waals surface area contributed by atoms with Gasteiger partial charge in [0.25, 0.3) is 0 Å². The van der Waals surface area contributed by atoms with Crippen molar-refractivity contribution in [3.8, 4) is 17.2 Å². The van der Waals surface area contributed by atoms with E-state index in [9.17, 15) is 18.0 Å². The van der Waals surface area contributed by atoms with Gasteiger partial charge in [0.15, 0.2) is 9.84 Å². The lowest BCUT2D eigenvalue weighted by Crippen LogP contribution is -2.37. The fourth-order valence-electron chi connectivity index (χ4n) is 2.70. The molecule has 8 nitrogen and oxygen atoms in total. The van der Waals surface area contributed by atoms with Crippen molar-refractivity contribution in [2.45, 2.75) is 11.3 Å². The Kier molecular flexibility index (Phi) is 6.44. The molecular formula is C20H18N4O4S2. The van der Waals surface area contributed by atoms with Crippen molar-refractivity contribution in [1.29, 1.82) is 5.26 Å². The molecule has 0 radical (unpaired) electrons. The summed E-state index contributed by atoms with van der Waals surface area (Å²) in [5.74, 6) is -0.765. The van der Waals surface area contributed by atoms with Crippen LogP contribution in [0.15, 0.2) is 47.4 Å². The second-order valence-corrected chi connectivity index (χ2v) is 9.61. The summed E-state index contributed by atoms with van der Waals surface area (Å²) >= 11 is 1.38. The third kappa shape index (κ3) is 5.40. The van der Waals surface area contributed by atoms with Crippen molar-refractivity contribution in [3.63, 3.8) is 0 Å². The van der Waals surface area contributed by atoms with Crippen LogP contribution in [0, 0.1) is 11.3 Å². The minimum atomic E-state index is -3.24. The van der Waals surface area contributed by atoms with Gasteiger partial charge in [0.05, 0.1) is 34.1 Å². The molecule has 3 aromatic rings. The predicted molar refractivity (Wildman–Crippen MR) is 114 cm³/mol. The van der Waals surface area contributed by atoms with Crippen LogP contribution in [-0.2, 0) is 25.8 Å². The van der Waals surface area contributed by atoms with Gasteiger partial charge in [-0.2, -0.15) is 5.26 Å².